The molecule has 0 aliphatic carbocycles. The van der Waals surface area contributed by atoms with E-state index in [1.165, 1.54) is 7.11 Å². The van der Waals surface area contributed by atoms with Gasteiger partial charge in [0.1, 0.15) is 41.1 Å². The third kappa shape index (κ3) is 9.39. The standard InChI is InChI=1S/C27H30O6.C17H20O4/c1-17-5-6-19(12-24(17)31-2)27(20-8-10-22(15-29)26(13-20)33-4)23(16-30)18-7-9-21(14-28)25(11-18)32-3;1-11-4-5-12(8-15(11)20-2)17(19)13-6-7-14(10-18)16(9-13)21-3/h5-13,16,23,27-29H,14-15H2,1-4H3;4-9,17-19H,10H2,1-3H3. The highest BCUT2D eigenvalue weighted by atomic mass is 16.5. The minimum absolute atomic E-state index is 0.0993. The summed E-state index contributed by atoms with van der Waals surface area (Å²) in [7, 11) is 7.86. The van der Waals surface area contributed by atoms with Crippen LogP contribution >= 0.6 is 0 Å². The number of rotatable bonds is 15. The first kappa shape index (κ1) is 41.4. The van der Waals surface area contributed by atoms with Gasteiger partial charge in [-0.25, -0.2) is 0 Å². The topological polar surface area (TPSA) is 144 Å². The third-order valence-corrected chi connectivity index (χ3v) is 9.55. The minimum atomic E-state index is -0.777. The van der Waals surface area contributed by atoms with E-state index in [1.54, 1.807) is 58.8 Å². The molecule has 4 N–H and O–H groups in total. The van der Waals surface area contributed by atoms with Crippen LogP contribution in [0.25, 0.3) is 0 Å². The van der Waals surface area contributed by atoms with E-state index in [2.05, 4.69) is 0 Å². The molecule has 0 heterocycles. The van der Waals surface area contributed by atoms with Gasteiger partial charge in [-0.3, -0.25) is 0 Å². The lowest BCUT2D eigenvalue weighted by atomic mass is 9.77. The third-order valence-electron chi connectivity index (χ3n) is 9.55. The number of aliphatic hydroxyl groups is 4. The highest BCUT2D eigenvalue weighted by Gasteiger charge is 2.29. The Bertz CT molecular complexity index is 2010. The van der Waals surface area contributed by atoms with Gasteiger partial charge in [0.25, 0.3) is 0 Å². The summed E-state index contributed by atoms with van der Waals surface area (Å²) in [6, 6.07) is 27.8. The van der Waals surface area contributed by atoms with E-state index in [9.17, 15) is 25.2 Å². The number of ether oxygens (including phenoxy) is 5. The summed E-state index contributed by atoms with van der Waals surface area (Å²) >= 11 is 0. The number of carbonyl (C=O) groups is 1. The van der Waals surface area contributed by atoms with Crippen LogP contribution in [0.5, 0.6) is 28.7 Å². The number of methoxy groups -OCH3 is 5. The molecule has 0 saturated carbocycles. The van der Waals surface area contributed by atoms with Gasteiger partial charge < -0.3 is 48.9 Å². The van der Waals surface area contributed by atoms with Gasteiger partial charge in [-0.1, -0.05) is 60.7 Å². The van der Waals surface area contributed by atoms with Crippen molar-refractivity contribution in [2.45, 2.75) is 51.6 Å². The van der Waals surface area contributed by atoms with Crippen molar-refractivity contribution in [2.75, 3.05) is 35.5 Å². The number of hydrogen-bond acceptors (Lipinski definition) is 10. The Hall–Kier alpha value is -5.39. The summed E-state index contributed by atoms with van der Waals surface area (Å²) < 4.78 is 27.0. The molecule has 0 aromatic heterocycles. The van der Waals surface area contributed by atoms with Crippen LogP contribution in [0.15, 0.2) is 91.0 Å². The Kier molecular flexibility index (Phi) is 15.0. The molecule has 286 valence electrons. The van der Waals surface area contributed by atoms with Crippen molar-refractivity contribution in [3.8, 4) is 28.7 Å². The molecule has 5 rings (SSSR count). The second-order valence-electron chi connectivity index (χ2n) is 12.7. The van der Waals surface area contributed by atoms with Crippen molar-refractivity contribution in [3.05, 3.63) is 147 Å². The molecule has 0 spiro atoms. The first-order chi connectivity index (χ1) is 26.1. The molecule has 0 radical (unpaired) electrons. The lowest BCUT2D eigenvalue weighted by molar-refractivity contribution is -0.109. The zero-order chi connectivity index (χ0) is 39.4. The molecule has 0 bridgehead atoms. The second kappa shape index (κ2) is 19.6. The molecule has 0 saturated heterocycles. The first-order valence-corrected chi connectivity index (χ1v) is 17.4. The van der Waals surface area contributed by atoms with Crippen LogP contribution in [-0.4, -0.2) is 62.3 Å². The van der Waals surface area contributed by atoms with Gasteiger partial charge in [-0.05, 0) is 83.1 Å². The zero-order valence-corrected chi connectivity index (χ0v) is 31.8. The van der Waals surface area contributed by atoms with Gasteiger partial charge in [-0.15, -0.1) is 0 Å². The maximum Gasteiger partial charge on any atom is 0.128 e. The van der Waals surface area contributed by atoms with Gasteiger partial charge in [0.15, 0.2) is 0 Å². The highest BCUT2D eigenvalue weighted by Crippen LogP contribution is 2.42. The maximum atomic E-state index is 12.6. The van der Waals surface area contributed by atoms with E-state index < -0.39 is 12.0 Å². The summed E-state index contributed by atoms with van der Waals surface area (Å²) in [5.41, 5.74) is 7.98. The SMILES string of the molecule is COc1cc(C(O)c2ccc(CO)c(OC)c2)ccc1C.COc1cc(C(c2ccc(CO)c(OC)c2)C(C=O)c2ccc(CO)c(OC)c2)ccc1C. The first-order valence-electron chi connectivity index (χ1n) is 17.4. The van der Waals surface area contributed by atoms with E-state index >= 15 is 0 Å². The average Bonchev–Trinajstić information content (AvgIpc) is 3.22. The normalized spacial score (nSPS) is 12.4. The van der Waals surface area contributed by atoms with Crippen molar-refractivity contribution in [3.63, 3.8) is 0 Å². The lowest BCUT2D eigenvalue weighted by Crippen LogP contribution is -2.15. The van der Waals surface area contributed by atoms with Gasteiger partial charge in [0.2, 0.25) is 0 Å². The minimum Gasteiger partial charge on any atom is -0.496 e. The van der Waals surface area contributed by atoms with E-state index in [0.717, 1.165) is 51.2 Å². The van der Waals surface area contributed by atoms with Crippen LogP contribution in [0.1, 0.15) is 73.6 Å². The van der Waals surface area contributed by atoms with Crippen LogP contribution < -0.4 is 23.7 Å². The van der Waals surface area contributed by atoms with Crippen LogP contribution in [0.4, 0.5) is 0 Å². The summed E-state index contributed by atoms with van der Waals surface area (Å²) in [6.07, 6.45) is 0.151. The number of carbonyl (C=O) groups excluding carboxylic acids is 1. The van der Waals surface area contributed by atoms with Crippen molar-refractivity contribution < 1.29 is 48.9 Å². The van der Waals surface area contributed by atoms with Crippen LogP contribution in [0.3, 0.4) is 0 Å². The molecule has 5 aromatic rings. The number of aliphatic hydroxyl groups excluding tert-OH is 4. The van der Waals surface area contributed by atoms with Crippen LogP contribution in [-0.2, 0) is 24.6 Å². The molecule has 0 amide bonds. The van der Waals surface area contributed by atoms with Crippen molar-refractivity contribution >= 4 is 6.29 Å². The summed E-state index contributed by atoms with van der Waals surface area (Å²) in [5, 5.41) is 39.0. The molecule has 10 nitrogen and oxygen atoms in total. The number of aldehydes is 1. The largest absolute Gasteiger partial charge is 0.496 e. The summed E-state index contributed by atoms with van der Waals surface area (Å²) in [5.74, 6) is 2.20. The molecular weight excluding hydrogens is 688 g/mol. The molecule has 3 atom stereocenters. The molecule has 0 fully saturated rings. The quantitative estimate of drug-likeness (QED) is 0.0857. The predicted molar refractivity (Wildman–Crippen MR) is 207 cm³/mol. The fourth-order valence-electron chi connectivity index (χ4n) is 6.43. The number of benzene rings is 5. The van der Waals surface area contributed by atoms with E-state index in [1.807, 2.05) is 74.5 Å². The lowest BCUT2D eigenvalue weighted by Gasteiger charge is -2.26. The van der Waals surface area contributed by atoms with Gasteiger partial charge in [0.05, 0.1) is 61.3 Å². The van der Waals surface area contributed by atoms with Crippen molar-refractivity contribution in [1.29, 1.82) is 0 Å². The van der Waals surface area contributed by atoms with Gasteiger partial charge in [0, 0.05) is 22.6 Å². The molecule has 0 aliphatic heterocycles. The van der Waals surface area contributed by atoms with E-state index in [4.69, 9.17) is 23.7 Å². The van der Waals surface area contributed by atoms with E-state index in [0.29, 0.717) is 39.5 Å². The Labute approximate surface area is 317 Å². The Balaban J connectivity index is 0.000000266. The molecule has 0 aliphatic rings. The maximum absolute atomic E-state index is 12.6. The summed E-state index contributed by atoms with van der Waals surface area (Å²) in [4.78, 5) is 12.6. The molecule has 54 heavy (non-hydrogen) atoms. The highest BCUT2D eigenvalue weighted by molar-refractivity contribution is 5.68. The predicted octanol–water partition coefficient (Wildman–Crippen LogP) is 6.71. The number of hydrogen-bond donors (Lipinski definition) is 4. The molecule has 5 aromatic carbocycles. The Morgan fingerprint density at radius 2 is 0.796 bits per heavy atom. The van der Waals surface area contributed by atoms with Gasteiger partial charge >= 0.3 is 0 Å². The average molecular weight is 739 g/mol. The van der Waals surface area contributed by atoms with Crippen LogP contribution in [0.2, 0.25) is 0 Å². The molecule has 10 heteroatoms. The Morgan fingerprint density at radius 3 is 1.20 bits per heavy atom. The second-order valence-corrected chi connectivity index (χ2v) is 12.7. The monoisotopic (exact) mass is 738 g/mol. The summed E-state index contributed by atoms with van der Waals surface area (Å²) in [6.45, 7) is 3.51. The van der Waals surface area contributed by atoms with E-state index in [-0.39, 0.29) is 25.7 Å². The van der Waals surface area contributed by atoms with Crippen LogP contribution in [0, 0.1) is 13.8 Å². The number of aryl methyl sites for hydroxylation is 2. The van der Waals surface area contributed by atoms with Crippen molar-refractivity contribution in [2.24, 2.45) is 0 Å². The molecular formula is C44H50O10. The zero-order valence-electron chi connectivity index (χ0n) is 31.8. The fourth-order valence-corrected chi connectivity index (χ4v) is 6.43. The smallest absolute Gasteiger partial charge is 0.128 e. The van der Waals surface area contributed by atoms with Crippen molar-refractivity contribution in [1.82, 2.24) is 0 Å². The Morgan fingerprint density at radius 1 is 0.481 bits per heavy atom. The molecule has 3 unspecified atom stereocenters. The van der Waals surface area contributed by atoms with Gasteiger partial charge in [-0.2, -0.15) is 0 Å². The fraction of sp³-hybridized carbons (Fsp3) is 0.295.